The van der Waals surface area contributed by atoms with E-state index in [-0.39, 0.29) is 40.4 Å². The second-order valence-electron chi connectivity index (χ2n) is 5.60. The van der Waals surface area contributed by atoms with E-state index in [4.69, 9.17) is 5.73 Å². The topological polar surface area (TPSA) is 46.3 Å². The Hall–Kier alpha value is -0.920. The molecule has 0 fully saturated rings. The number of carbonyl (C=O) groups is 1. The Kier molecular flexibility index (Phi) is 7.74. The van der Waals surface area contributed by atoms with Gasteiger partial charge in [-0.1, -0.05) is 13.8 Å². The second-order valence-corrected chi connectivity index (χ2v) is 6.74. The van der Waals surface area contributed by atoms with Crippen LogP contribution in [-0.2, 0) is 0 Å². The first-order chi connectivity index (χ1) is 9.54. The van der Waals surface area contributed by atoms with Crippen LogP contribution in [0.5, 0.6) is 0 Å². The molecule has 0 radical (unpaired) electrons. The smallest absolute Gasteiger partial charge is 0.341 e. The molecule has 8 heteroatoms. The van der Waals surface area contributed by atoms with Crippen molar-refractivity contribution in [3.63, 3.8) is 0 Å². The van der Waals surface area contributed by atoms with Gasteiger partial charge >= 0.3 is 5.51 Å². The number of nitrogens with zero attached hydrogens (tertiary/aromatic N) is 1. The average Bonchev–Trinajstić information content (AvgIpc) is 2.36. The van der Waals surface area contributed by atoms with Gasteiger partial charge in [0.05, 0.1) is 0 Å². The highest BCUT2D eigenvalue weighted by atomic mass is 35.5. The summed E-state index contributed by atoms with van der Waals surface area (Å²) < 4.78 is 36.7. The van der Waals surface area contributed by atoms with Crippen molar-refractivity contribution in [3.8, 4) is 0 Å². The summed E-state index contributed by atoms with van der Waals surface area (Å²) in [6.45, 7) is 4.80. The molecule has 22 heavy (non-hydrogen) atoms. The maximum absolute atomic E-state index is 12.2. The Labute approximate surface area is 138 Å². The molecule has 0 aliphatic heterocycles. The molecular formula is C14H20ClF3N2OS. The lowest BCUT2D eigenvalue weighted by molar-refractivity contribution is -0.0328. The Morgan fingerprint density at radius 2 is 1.73 bits per heavy atom. The second kappa shape index (κ2) is 8.08. The Bertz CT molecular complexity index is 492. The SMILES string of the molecule is CN(CC(C)(C)CN)C(=O)c1ccc(SC(F)(F)F)cc1.Cl. The largest absolute Gasteiger partial charge is 0.446 e. The fourth-order valence-electron chi connectivity index (χ4n) is 1.80. The fraction of sp³-hybridized carbons (Fsp3) is 0.500. The van der Waals surface area contributed by atoms with Crippen LogP contribution in [0.3, 0.4) is 0 Å². The van der Waals surface area contributed by atoms with Gasteiger partial charge in [-0.15, -0.1) is 12.4 Å². The summed E-state index contributed by atoms with van der Waals surface area (Å²) in [5, 5.41) is 0. The van der Waals surface area contributed by atoms with Crippen LogP contribution in [0.2, 0.25) is 0 Å². The molecule has 1 amide bonds. The molecule has 0 aliphatic carbocycles. The van der Waals surface area contributed by atoms with Gasteiger partial charge in [0.2, 0.25) is 0 Å². The molecule has 0 aliphatic rings. The van der Waals surface area contributed by atoms with Crippen LogP contribution in [0.15, 0.2) is 29.2 Å². The molecule has 0 aromatic heterocycles. The highest BCUT2D eigenvalue weighted by Gasteiger charge is 2.29. The normalized spacial score (nSPS) is 11.8. The number of rotatable bonds is 5. The van der Waals surface area contributed by atoms with Gasteiger partial charge in [-0.25, -0.2) is 0 Å². The fourth-order valence-corrected chi connectivity index (χ4v) is 2.34. The van der Waals surface area contributed by atoms with Gasteiger partial charge in [0.25, 0.3) is 5.91 Å². The molecule has 0 heterocycles. The van der Waals surface area contributed by atoms with E-state index >= 15 is 0 Å². The van der Waals surface area contributed by atoms with Crippen LogP contribution < -0.4 is 5.73 Å². The van der Waals surface area contributed by atoms with Gasteiger partial charge in [-0.3, -0.25) is 4.79 Å². The first kappa shape index (κ1) is 21.1. The highest BCUT2D eigenvalue weighted by molar-refractivity contribution is 8.00. The van der Waals surface area contributed by atoms with Gasteiger partial charge in [0.15, 0.2) is 0 Å². The summed E-state index contributed by atoms with van der Waals surface area (Å²) in [6, 6.07) is 5.41. The molecule has 0 saturated heterocycles. The molecule has 2 N–H and O–H groups in total. The third-order valence-electron chi connectivity index (χ3n) is 2.90. The average molecular weight is 357 g/mol. The maximum atomic E-state index is 12.2. The van der Waals surface area contributed by atoms with Crippen LogP contribution in [0.4, 0.5) is 13.2 Å². The number of benzene rings is 1. The van der Waals surface area contributed by atoms with E-state index < -0.39 is 5.51 Å². The van der Waals surface area contributed by atoms with Gasteiger partial charge in [0.1, 0.15) is 0 Å². The van der Waals surface area contributed by atoms with Crippen LogP contribution in [-0.4, -0.2) is 36.5 Å². The lowest BCUT2D eigenvalue weighted by atomic mass is 9.93. The van der Waals surface area contributed by atoms with Crippen molar-refractivity contribution in [1.82, 2.24) is 4.90 Å². The van der Waals surface area contributed by atoms with Crippen LogP contribution >= 0.6 is 24.2 Å². The van der Waals surface area contributed by atoms with Crippen molar-refractivity contribution in [1.29, 1.82) is 0 Å². The zero-order valence-corrected chi connectivity index (χ0v) is 14.2. The van der Waals surface area contributed by atoms with Gasteiger partial charge < -0.3 is 10.6 Å². The van der Waals surface area contributed by atoms with E-state index in [1.807, 2.05) is 13.8 Å². The van der Waals surface area contributed by atoms with Crippen molar-refractivity contribution >= 4 is 30.1 Å². The van der Waals surface area contributed by atoms with Gasteiger partial charge in [-0.2, -0.15) is 13.2 Å². The van der Waals surface area contributed by atoms with Crippen molar-refractivity contribution in [2.75, 3.05) is 20.1 Å². The zero-order chi connectivity index (χ0) is 16.3. The summed E-state index contributed by atoms with van der Waals surface area (Å²) >= 11 is -0.198. The number of alkyl halides is 3. The summed E-state index contributed by atoms with van der Waals surface area (Å²) in [4.78, 5) is 13.8. The van der Waals surface area contributed by atoms with Crippen molar-refractivity contribution in [2.45, 2.75) is 24.3 Å². The lowest BCUT2D eigenvalue weighted by Gasteiger charge is -2.29. The Balaban J connectivity index is 0.00000441. The minimum atomic E-state index is -4.33. The highest BCUT2D eigenvalue weighted by Crippen LogP contribution is 2.36. The van der Waals surface area contributed by atoms with Crippen molar-refractivity contribution < 1.29 is 18.0 Å². The molecule has 1 aromatic carbocycles. The quantitative estimate of drug-likeness (QED) is 0.817. The molecule has 1 rings (SSSR count). The van der Waals surface area contributed by atoms with E-state index in [2.05, 4.69) is 0 Å². The molecule has 1 aromatic rings. The van der Waals surface area contributed by atoms with Gasteiger partial charge in [0, 0.05) is 24.1 Å². The van der Waals surface area contributed by atoms with E-state index in [0.29, 0.717) is 18.7 Å². The summed E-state index contributed by atoms with van der Waals surface area (Å²) in [5.41, 5.74) is 1.45. The van der Waals surface area contributed by atoms with E-state index in [0.717, 1.165) is 0 Å². The number of thioether (sulfide) groups is 1. The van der Waals surface area contributed by atoms with E-state index in [1.165, 1.54) is 29.2 Å². The maximum Gasteiger partial charge on any atom is 0.446 e. The van der Waals surface area contributed by atoms with E-state index in [1.54, 1.807) is 7.05 Å². The molecule has 0 saturated carbocycles. The third kappa shape index (κ3) is 6.89. The molecule has 0 atom stereocenters. The molecule has 3 nitrogen and oxygen atoms in total. The summed E-state index contributed by atoms with van der Waals surface area (Å²) in [7, 11) is 1.65. The van der Waals surface area contributed by atoms with Crippen LogP contribution in [0.25, 0.3) is 0 Å². The predicted octanol–water partition coefficient (Wildman–Crippen LogP) is 3.78. The minimum absolute atomic E-state index is 0. The Morgan fingerprint density at radius 3 is 2.14 bits per heavy atom. The first-order valence-electron chi connectivity index (χ1n) is 6.35. The van der Waals surface area contributed by atoms with Crippen molar-refractivity contribution in [2.24, 2.45) is 11.1 Å². The molecule has 0 bridgehead atoms. The minimum Gasteiger partial charge on any atom is -0.341 e. The monoisotopic (exact) mass is 356 g/mol. The number of amides is 1. The summed E-state index contributed by atoms with van der Waals surface area (Å²) in [6.07, 6.45) is 0. The third-order valence-corrected chi connectivity index (χ3v) is 3.64. The molecule has 0 spiro atoms. The number of halogens is 4. The van der Waals surface area contributed by atoms with E-state index in [9.17, 15) is 18.0 Å². The summed E-state index contributed by atoms with van der Waals surface area (Å²) in [5.74, 6) is -0.236. The molecule has 126 valence electrons. The predicted molar refractivity (Wildman–Crippen MR) is 85.4 cm³/mol. The van der Waals surface area contributed by atoms with Gasteiger partial charge in [-0.05, 0) is 48.0 Å². The number of hydrogen-bond acceptors (Lipinski definition) is 3. The number of nitrogens with two attached hydrogens (primary N) is 1. The number of hydrogen-bond donors (Lipinski definition) is 1. The Morgan fingerprint density at radius 1 is 1.23 bits per heavy atom. The lowest BCUT2D eigenvalue weighted by Crippen LogP contribution is -2.39. The number of carbonyl (C=O) groups excluding carboxylic acids is 1. The first-order valence-corrected chi connectivity index (χ1v) is 7.17. The molecule has 0 unspecified atom stereocenters. The molecular weight excluding hydrogens is 337 g/mol. The standard InChI is InChI=1S/C14H19F3N2OS.ClH/c1-13(2,8-18)9-19(3)12(20)10-4-6-11(7-5-10)21-14(15,16)17;/h4-7H,8-9,18H2,1-3H3;1H. The zero-order valence-electron chi connectivity index (χ0n) is 12.6. The van der Waals surface area contributed by atoms with Crippen LogP contribution in [0, 0.1) is 5.41 Å². The van der Waals surface area contributed by atoms with Crippen molar-refractivity contribution in [3.05, 3.63) is 29.8 Å². The van der Waals surface area contributed by atoms with Crippen LogP contribution in [0.1, 0.15) is 24.2 Å².